The molecule has 0 aliphatic heterocycles. The van der Waals surface area contributed by atoms with Gasteiger partial charge in [-0.3, -0.25) is 0 Å². The van der Waals surface area contributed by atoms with E-state index in [9.17, 15) is 5.11 Å². The summed E-state index contributed by atoms with van der Waals surface area (Å²) in [5.41, 5.74) is 2.24. The van der Waals surface area contributed by atoms with E-state index in [0.717, 1.165) is 16.7 Å². The molecule has 1 unspecified atom stereocenters. The van der Waals surface area contributed by atoms with E-state index >= 15 is 0 Å². The fourth-order valence-corrected chi connectivity index (χ4v) is 1.61. The summed E-state index contributed by atoms with van der Waals surface area (Å²) in [5.74, 6) is 2.50. The fourth-order valence-electron chi connectivity index (χ4n) is 1.61. The molecule has 0 spiro atoms. The second kappa shape index (κ2) is 3.86. The van der Waals surface area contributed by atoms with Crippen molar-refractivity contribution in [2.75, 3.05) is 0 Å². The zero-order valence-electron chi connectivity index (χ0n) is 8.96. The van der Waals surface area contributed by atoms with Crippen LogP contribution in [0.2, 0.25) is 0 Å². The minimum Gasteiger partial charge on any atom is -0.384 e. The Balaban J connectivity index is 3.18. The van der Waals surface area contributed by atoms with Gasteiger partial charge in [0.25, 0.3) is 0 Å². The summed E-state index contributed by atoms with van der Waals surface area (Å²) in [7, 11) is 0. The topological polar surface area (TPSA) is 20.2 Å². The van der Waals surface area contributed by atoms with Gasteiger partial charge in [-0.25, -0.2) is 0 Å². The van der Waals surface area contributed by atoms with E-state index in [1.807, 2.05) is 32.0 Å². The monoisotopic (exact) mass is 188 g/mol. The van der Waals surface area contributed by atoms with Gasteiger partial charge in [0.05, 0.1) is 5.60 Å². The highest BCUT2D eigenvalue weighted by Crippen LogP contribution is 2.27. The molecule has 0 aliphatic rings. The summed E-state index contributed by atoms with van der Waals surface area (Å²) >= 11 is 0. The highest BCUT2D eigenvalue weighted by Gasteiger charge is 2.23. The van der Waals surface area contributed by atoms with Gasteiger partial charge in [0.15, 0.2) is 0 Å². The Morgan fingerprint density at radius 1 is 1.43 bits per heavy atom. The number of rotatable bonds is 2. The van der Waals surface area contributed by atoms with Gasteiger partial charge in [-0.1, -0.05) is 23.8 Å². The van der Waals surface area contributed by atoms with Crippen LogP contribution in [0, 0.1) is 26.2 Å². The second-order valence-corrected chi connectivity index (χ2v) is 3.97. The molecule has 1 heteroatoms. The molecule has 0 aliphatic carbocycles. The molecule has 74 valence electrons. The van der Waals surface area contributed by atoms with Crippen molar-refractivity contribution in [2.24, 2.45) is 0 Å². The van der Waals surface area contributed by atoms with Gasteiger partial charge >= 0.3 is 0 Å². The second-order valence-electron chi connectivity index (χ2n) is 3.97. The zero-order chi connectivity index (χ0) is 10.8. The molecule has 0 aromatic heterocycles. The van der Waals surface area contributed by atoms with Crippen LogP contribution in [-0.2, 0) is 5.60 Å². The SMILES string of the molecule is C#CCC(C)(O)c1cc(C)ccc1C. The van der Waals surface area contributed by atoms with Crippen LogP contribution in [0.4, 0.5) is 0 Å². The molecular formula is C13H16O. The van der Waals surface area contributed by atoms with Gasteiger partial charge in [-0.15, -0.1) is 12.3 Å². The highest BCUT2D eigenvalue weighted by molar-refractivity contribution is 5.35. The van der Waals surface area contributed by atoms with Gasteiger partial charge in [0.2, 0.25) is 0 Å². The van der Waals surface area contributed by atoms with Crippen molar-refractivity contribution in [3.63, 3.8) is 0 Å². The summed E-state index contributed by atoms with van der Waals surface area (Å²) in [6, 6.07) is 6.03. The Kier molecular flexibility index (Phi) is 2.98. The lowest BCUT2D eigenvalue weighted by molar-refractivity contribution is 0.0622. The van der Waals surface area contributed by atoms with Crippen LogP contribution in [-0.4, -0.2) is 5.11 Å². The number of benzene rings is 1. The first-order chi connectivity index (χ1) is 6.47. The van der Waals surface area contributed by atoms with Crippen LogP contribution >= 0.6 is 0 Å². The maximum atomic E-state index is 10.1. The Morgan fingerprint density at radius 3 is 2.64 bits per heavy atom. The molecule has 0 saturated heterocycles. The Hall–Kier alpha value is -1.26. The van der Waals surface area contributed by atoms with E-state index < -0.39 is 5.60 Å². The summed E-state index contributed by atoms with van der Waals surface area (Å²) in [4.78, 5) is 0. The molecule has 1 atom stereocenters. The van der Waals surface area contributed by atoms with E-state index in [1.54, 1.807) is 6.92 Å². The minimum atomic E-state index is -0.912. The van der Waals surface area contributed by atoms with Crippen molar-refractivity contribution in [2.45, 2.75) is 32.8 Å². The van der Waals surface area contributed by atoms with E-state index in [2.05, 4.69) is 5.92 Å². The van der Waals surface area contributed by atoms with Crippen molar-refractivity contribution in [3.05, 3.63) is 34.9 Å². The molecule has 0 bridgehead atoms. The van der Waals surface area contributed by atoms with E-state index in [1.165, 1.54) is 0 Å². The molecule has 14 heavy (non-hydrogen) atoms. The average molecular weight is 188 g/mol. The molecule has 0 radical (unpaired) electrons. The Bertz CT molecular complexity index is 369. The number of terminal acetylenes is 1. The van der Waals surface area contributed by atoms with Crippen molar-refractivity contribution < 1.29 is 5.11 Å². The lowest BCUT2D eigenvalue weighted by atomic mass is 9.88. The van der Waals surface area contributed by atoms with Crippen LogP contribution in [0.25, 0.3) is 0 Å². The van der Waals surface area contributed by atoms with Crippen molar-refractivity contribution in [1.82, 2.24) is 0 Å². The first-order valence-electron chi connectivity index (χ1n) is 4.71. The predicted octanol–water partition coefficient (Wildman–Crippen LogP) is 2.53. The largest absolute Gasteiger partial charge is 0.384 e. The van der Waals surface area contributed by atoms with Crippen LogP contribution in [0.3, 0.4) is 0 Å². The predicted molar refractivity (Wildman–Crippen MR) is 58.9 cm³/mol. The van der Waals surface area contributed by atoms with E-state index in [-0.39, 0.29) is 0 Å². The van der Waals surface area contributed by atoms with E-state index in [4.69, 9.17) is 6.42 Å². The first kappa shape index (κ1) is 10.8. The third kappa shape index (κ3) is 2.16. The number of aryl methyl sites for hydroxylation is 2. The summed E-state index contributed by atoms with van der Waals surface area (Å²) in [5, 5.41) is 10.1. The molecule has 1 aromatic rings. The first-order valence-corrected chi connectivity index (χ1v) is 4.71. The average Bonchev–Trinajstić information content (AvgIpc) is 2.09. The molecule has 0 amide bonds. The molecule has 0 heterocycles. The van der Waals surface area contributed by atoms with Crippen molar-refractivity contribution >= 4 is 0 Å². The summed E-state index contributed by atoms with van der Waals surface area (Å²) < 4.78 is 0. The molecule has 1 aromatic carbocycles. The molecular weight excluding hydrogens is 172 g/mol. The molecule has 0 fully saturated rings. The van der Waals surface area contributed by atoms with Crippen LogP contribution in [0.5, 0.6) is 0 Å². The van der Waals surface area contributed by atoms with Crippen molar-refractivity contribution in [3.8, 4) is 12.3 Å². The number of hydrogen-bond donors (Lipinski definition) is 1. The van der Waals surface area contributed by atoms with Gasteiger partial charge in [-0.05, 0) is 31.9 Å². The minimum absolute atomic E-state index is 0.345. The molecule has 0 saturated carbocycles. The zero-order valence-corrected chi connectivity index (χ0v) is 8.96. The Labute approximate surface area is 85.8 Å². The number of aliphatic hydroxyl groups is 1. The smallest absolute Gasteiger partial charge is 0.0979 e. The van der Waals surface area contributed by atoms with Crippen LogP contribution < -0.4 is 0 Å². The molecule has 1 rings (SSSR count). The lowest BCUT2D eigenvalue weighted by Gasteiger charge is -2.23. The Morgan fingerprint density at radius 2 is 2.07 bits per heavy atom. The molecule has 1 N–H and O–H groups in total. The van der Waals surface area contributed by atoms with E-state index in [0.29, 0.717) is 6.42 Å². The van der Waals surface area contributed by atoms with Crippen LogP contribution in [0.15, 0.2) is 18.2 Å². The molecule has 1 nitrogen and oxygen atoms in total. The highest BCUT2D eigenvalue weighted by atomic mass is 16.3. The van der Waals surface area contributed by atoms with Gasteiger partial charge in [0.1, 0.15) is 0 Å². The third-order valence-electron chi connectivity index (χ3n) is 2.42. The maximum Gasteiger partial charge on any atom is 0.0979 e. The van der Waals surface area contributed by atoms with Crippen molar-refractivity contribution in [1.29, 1.82) is 0 Å². The summed E-state index contributed by atoms with van der Waals surface area (Å²) in [6.07, 6.45) is 5.57. The maximum absolute atomic E-state index is 10.1. The number of hydrogen-bond acceptors (Lipinski definition) is 1. The van der Waals surface area contributed by atoms with Gasteiger partial charge < -0.3 is 5.11 Å². The van der Waals surface area contributed by atoms with Gasteiger partial charge in [-0.2, -0.15) is 0 Å². The lowest BCUT2D eigenvalue weighted by Crippen LogP contribution is -2.21. The summed E-state index contributed by atoms with van der Waals surface area (Å²) in [6.45, 7) is 5.75. The standard InChI is InChI=1S/C13H16O/c1-5-8-13(4,14)12-9-10(2)6-7-11(12)3/h1,6-7,9,14H,8H2,2-4H3. The third-order valence-corrected chi connectivity index (χ3v) is 2.42. The van der Waals surface area contributed by atoms with Crippen LogP contribution in [0.1, 0.15) is 30.0 Å². The fraction of sp³-hybridized carbons (Fsp3) is 0.385. The quantitative estimate of drug-likeness (QED) is 0.707. The van der Waals surface area contributed by atoms with Gasteiger partial charge in [0, 0.05) is 6.42 Å². The normalized spacial score (nSPS) is 14.5.